The fraction of sp³-hybridized carbons (Fsp3) is 0.900. The summed E-state index contributed by atoms with van der Waals surface area (Å²) in [6, 6.07) is -1.40. The number of hydroxylamine groups is 12. The molecule has 0 atom stereocenters. The highest BCUT2D eigenvalue weighted by Crippen LogP contribution is 2.49. The van der Waals surface area contributed by atoms with Gasteiger partial charge in [-0.3, -0.25) is 10.9 Å². The molecule has 84 heavy (non-hydrogen) atoms. The van der Waals surface area contributed by atoms with Crippen LogP contribution < -0.4 is 31.3 Å². The predicted molar refractivity (Wildman–Crippen MR) is 321 cm³/mol. The molecule has 8 rings (SSSR count). The third-order valence-corrected chi connectivity index (χ3v) is 19.7. The Balaban J connectivity index is 1.29. The zero-order chi connectivity index (χ0) is 63.1. The number of rotatable bonds is 13. The van der Waals surface area contributed by atoms with E-state index in [1.165, 1.54) is 30.4 Å². The molecule has 472 valence electrons. The normalized spacial score (nSPS) is 28.6. The van der Waals surface area contributed by atoms with Gasteiger partial charge in [0, 0.05) is 103 Å². The smallest absolute Gasteiger partial charge is 0.248 e. The Hall–Kier alpha value is -3.66. The van der Waals surface area contributed by atoms with E-state index in [9.17, 15) is 31.2 Å². The number of hydrogen-bond acceptors (Lipinski definition) is 18. The molecule has 0 amide bonds. The molecule has 0 spiro atoms. The molecule has 6 saturated heterocycles. The van der Waals surface area contributed by atoms with Crippen LogP contribution >= 0.6 is 0 Å². The number of nitrogens with zero attached hydrogens (tertiary/aromatic N) is 14. The van der Waals surface area contributed by atoms with Crippen molar-refractivity contribution in [2.45, 2.75) is 346 Å². The number of hydrogen-bond donors (Lipinski definition) is 4. The van der Waals surface area contributed by atoms with Gasteiger partial charge in [-0.15, -0.1) is 61.6 Å². The topological polar surface area (TPSA) is 271 Å². The second-order valence-corrected chi connectivity index (χ2v) is 33.9. The molecule has 24 nitrogen and oxygen atoms in total. The Bertz CT molecular complexity index is 2320. The van der Waals surface area contributed by atoms with E-state index in [-0.39, 0.29) is 60.0 Å². The summed E-state index contributed by atoms with van der Waals surface area (Å²) in [5, 5.41) is 98.2. The van der Waals surface area contributed by atoms with Gasteiger partial charge in [-0.1, -0.05) is 0 Å². The first-order chi connectivity index (χ1) is 37.9. The van der Waals surface area contributed by atoms with Crippen molar-refractivity contribution in [3.63, 3.8) is 0 Å². The Morgan fingerprint density at radius 3 is 0.631 bits per heavy atom. The monoisotopic (exact) mass is 1170 g/mol. The lowest BCUT2D eigenvalue weighted by Crippen LogP contribution is -2.67. The SMILES string of the molecule is CC1(C)CC(Nc2nc(NNc3nc(NC4CC(C)(C)N([O])C(C)(C)C4)nc(N(C4CC(C)(C)N([O])C(C)(C)C4)C4CC(C)(C)N([O])C(C)(C)C4)n3)nc(N(C3CC(C)(C)N([O])C(C)(C)C3)C3CC(C)(C)N([O])C(C)(C)C3)n2)CC(C)(C)N1[O]. The average molecular weight is 1180 g/mol. The largest absolute Gasteiger partial charge is 0.351 e. The summed E-state index contributed by atoms with van der Waals surface area (Å²) < 4.78 is 0. The maximum absolute atomic E-state index is 14.1. The first-order valence-corrected chi connectivity index (χ1v) is 30.9. The Kier molecular flexibility index (Phi) is 17.0. The lowest BCUT2D eigenvalue weighted by atomic mass is 9.74. The molecule has 0 bridgehead atoms. The van der Waals surface area contributed by atoms with E-state index < -0.39 is 66.5 Å². The van der Waals surface area contributed by atoms with Crippen LogP contribution in [0.4, 0.5) is 35.7 Å². The molecule has 0 saturated carbocycles. The van der Waals surface area contributed by atoms with Crippen LogP contribution in [0.25, 0.3) is 0 Å². The van der Waals surface area contributed by atoms with Crippen LogP contribution in [-0.2, 0) is 31.2 Å². The third kappa shape index (κ3) is 13.1. The Morgan fingerprint density at radius 1 is 0.274 bits per heavy atom. The van der Waals surface area contributed by atoms with Crippen LogP contribution in [0.1, 0.15) is 243 Å². The molecule has 0 unspecified atom stereocenters. The maximum atomic E-state index is 14.1. The average Bonchev–Trinajstić information content (AvgIpc) is 3.51. The van der Waals surface area contributed by atoms with Crippen LogP contribution in [0.15, 0.2) is 0 Å². The van der Waals surface area contributed by atoms with E-state index >= 15 is 0 Å². The minimum absolute atomic E-state index is 0.129. The molecule has 6 radical (unpaired) electrons. The van der Waals surface area contributed by atoms with Crippen molar-refractivity contribution in [1.82, 2.24) is 60.3 Å². The zero-order valence-electron chi connectivity index (χ0n) is 55.7. The van der Waals surface area contributed by atoms with Crippen LogP contribution in [0, 0.1) is 0 Å². The number of nitrogens with one attached hydrogen (secondary N) is 4. The molecule has 6 aliphatic rings. The van der Waals surface area contributed by atoms with E-state index in [1.807, 2.05) is 166 Å². The van der Waals surface area contributed by atoms with Crippen molar-refractivity contribution in [3.05, 3.63) is 0 Å². The summed E-state index contributed by atoms with van der Waals surface area (Å²) in [5.41, 5.74) is -2.34. The van der Waals surface area contributed by atoms with Gasteiger partial charge in [-0.25, -0.2) is 0 Å². The highest BCUT2D eigenvalue weighted by molar-refractivity contribution is 5.52. The summed E-state index contributed by atoms with van der Waals surface area (Å²) in [6.45, 7) is 47.3. The zero-order valence-corrected chi connectivity index (χ0v) is 55.7. The van der Waals surface area contributed by atoms with Gasteiger partial charge in [-0.2, -0.15) is 29.9 Å². The van der Waals surface area contributed by atoms with Crippen molar-refractivity contribution >= 4 is 35.7 Å². The van der Waals surface area contributed by atoms with Gasteiger partial charge in [0.2, 0.25) is 35.7 Å². The summed E-state index contributed by atoms with van der Waals surface area (Å²) in [4.78, 5) is 35.8. The van der Waals surface area contributed by atoms with Crippen molar-refractivity contribution in [2.24, 2.45) is 0 Å². The molecule has 0 aromatic carbocycles. The van der Waals surface area contributed by atoms with Gasteiger partial charge in [0.1, 0.15) is 0 Å². The molecule has 24 heteroatoms. The number of aromatic nitrogens is 6. The minimum atomic E-state index is -0.766. The van der Waals surface area contributed by atoms with E-state index in [0.29, 0.717) is 88.9 Å². The first kappa shape index (κ1) is 66.3. The van der Waals surface area contributed by atoms with Crippen LogP contribution in [-0.4, -0.2) is 163 Å². The molecule has 0 aliphatic carbocycles. The van der Waals surface area contributed by atoms with E-state index in [0.717, 1.165) is 0 Å². The quantitative estimate of drug-likeness (QED) is 0.136. The lowest BCUT2D eigenvalue weighted by molar-refractivity contribution is -0.294. The first-order valence-electron chi connectivity index (χ1n) is 30.9. The van der Waals surface area contributed by atoms with Crippen molar-refractivity contribution < 1.29 is 31.2 Å². The minimum Gasteiger partial charge on any atom is -0.351 e. The van der Waals surface area contributed by atoms with Crippen LogP contribution in [0.2, 0.25) is 0 Å². The molecule has 4 N–H and O–H groups in total. The Morgan fingerprint density at radius 2 is 0.440 bits per heavy atom. The second kappa shape index (κ2) is 21.5. The van der Waals surface area contributed by atoms with Crippen molar-refractivity contribution in [2.75, 3.05) is 31.3 Å². The molecule has 2 aromatic rings. The third-order valence-electron chi connectivity index (χ3n) is 19.7. The summed E-state index contributed by atoms with van der Waals surface area (Å²) >= 11 is 0. The van der Waals surface area contributed by atoms with Gasteiger partial charge in [-0.05, 0) is 243 Å². The fourth-order valence-electron chi connectivity index (χ4n) is 17.3. The summed E-state index contributed by atoms with van der Waals surface area (Å²) in [5.74, 6) is 1.51. The number of piperidine rings is 6. The number of hydrazine groups is 1. The molecular weight excluding hydrogens is 1070 g/mol. The number of anilines is 6. The van der Waals surface area contributed by atoms with Gasteiger partial charge in [0.25, 0.3) is 0 Å². The molecule has 6 fully saturated rings. The van der Waals surface area contributed by atoms with Gasteiger partial charge >= 0.3 is 0 Å². The van der Waals surface area contributed by atoms with Crippen LogP contribution in [0.3, 0.4) is 0 Å². The molecule has 2 aromatic heterocycles. The van der Waals surface area contributed by atoms with E-state index in [1.54, 1.807) is 0 Å². The maximum Gasteiger partial charge on any atom is 0.248 e. The highest BCUT2D eigenvalue weighted by atomic mass is 16.5. The second-order valence-electron chi connectivity index (χ2n) is 33.9. The van der Waals surface area contributed by atoms with E-state index in [2.05, 4.69) is 31.3 Å². The van der Waals surface area contributed by atoms with Crippen molar-refractivity contribution in [3.8, 4) is 0 Å². The molecular formula is C60H106N18O6. The lowest BCUT2D eigenvalue weighted by Gasteiger charge is -2.57. The standard InChI is InChI=1S/C60H106N18O6/c1-49(2)25-37(26-50(3,4)73(49)79)61-43-63-45(67-47(65-43)71(39-29-53(9,10)75(81)54(11,12)30-39)40-31-55(13,14)76(82)56(15,16)32-40)69-70-46-64-44(62-38-27-51(5,6)74(80)52(7,8)28-38)66-48(68-46)72(41-33-57(17,18)77(83)58(19,20)34-41)42-35-59(21,22)78(84)60(23,24)36-42/h37-42H,25-36H2,1-24H3,(H2,61,63,65,67,69)(H2,62,64,66,68,70). The van der Waals surface area contributed by atoms with E-state index in [4.69, 9.17) is 29.9 Å². The molecule has 8 heterocycles. The highest BCUT2D eigenvalue weighted by Gasteiger charge is 2.56. The van der Waals surface area contributed by atoms with Crippen molar-refractivity contribution in [1.29, 1.82) is 0 Å². The summed E-state index contributed by atoms with van der Waals surface area (Å²) in [6.07, 6.45) is 5.95. The van der Waals surface area contributed by atoms with Crippen LogP contribution in [0.5, 0.6) is 0 Å². The summed E-state index contributed by atoms with van der Waals surface area (Å²) in [7, 11) is 0. The van der Waals surface area contributed by atoms with Gasteiger partial charge in [0.05, 0.1) is 0 Å². The predicted octanol–water partition coefficient (Wildman–Crippen LogP) is 10.1. The Labute approximate surface area is 502 Å². The molecule has 6 aliphatic heterocycles. The fourth-order valence-corrected chi connectivity index (χ4v) is 17.3. The van der Waals surface area contributed by atoms with Gasteiger partial charge in [0.15, 0.2) is 0 Å². The van der Waals surface area contributed by atoms with Gasteiger partial charge < -0.3 is 20.4 Å².